The molecule has 0 saturated carbocycles. The summed E-state index contributed by atoms with van der Waals surface area (Å²) in [7, 11) is 0. The van der Waals surface area contributed by atoms with Crippen LogP contribution in [0.15, 0.2) is 205 Å². The number of fused-ring (bicyclic) bond motifs is 6. The average molecular weight is 873 g/mol. The number of allylic oxidation sites excluding steroid dienone is 7. The second-order valence-corrected chi connectivity index (χ2v) is 19.9. The van der Waals surface area contributed by atoms with E-state index in [0.717, 1.165) is 32.1 Å². The predicted molar refractivity (Wildman–Crippen MR) is 288 cm³/mol. The Bertz CT molecular complexity index is 3480. The van der Waals surface area contributed by atoms with Gasteiger partial charge in [-0.25, -0.2) is 0 Å². The van der Waals surface area contributed by atoms with Crippen LogP contribution in [0.3, 0.4) is 0 Å². The first kappa shape index (κ1) is 41.0. The Morgan fingerprint density at radius 1 is 0.382 bits per heavy atom. The summed E-state index contributed by atoms with van der Waals surface area (Å²) in [6, 6.07) is 63.1. The second kappa shape index (κ2) is 15.6. The van der Waals surface area contributed by atoms with Crippen LogP contribution in [-0.4, -0.2) is 0 Å². The standard InChI is InChI=1S/C68H56/c1-5-67(6-2)61-15-10-9-14-56(61)57-37-33-53(41-62(57)67)54-34-38-59-58-36-32-52(40-63(58)68(7-3,8-4)64(59)42-54)47-22-20-45(21-23-47)43-16-18-44(19-17-43)46-24-26-48(27-25-46)55-35-30-51-29-28-49-12-11-13-50-31-39-60(55)66(51)65(49)50/h9-38,40-42,65H,5-8,39H2,1-4H3. The van der Waals surface area contributed by atoms with Gasteiger partial charge in [-0.2, -0.15) is 0 Å². The molecule has 8 aromatic rings. The van der Waals surface area contributed by atoms with Gasteiger partial charge in [-0.3, -0.25) is 0 Å². The lowest BCUT2D eigenvalue weighted by atomic mass is 9.70. The van der Waals surface area contributed by atoms with Crippen LogP contribution in [0.5, 0.6) is 0 Å². The maximum absolute atomic E-state index is 2.54. The van der Waals surface area contributed by atoms with Gasteiger partial charge in [-0.1, -0.05) is 210 Å². The van der Waals surface area contributed by atoms with Gasteiger partial charge in [0.05, 0.1) is 0 Å². The first-order valence-electron chi connectivity index (χ1n) is 25.2. The van der Waals surface area contributed by atoms with Crippen molar-refractivity contribution in [2.24, 2.45) is 0 Å². The van der Waals surface area contributed by atoms with E-state index in [1.807, 2.05) is 0 Å². The van der Waals surface area contributed by atoms with Crippen molar-refractivity contribution in [2.75, 3.05) is 0 Å². The van der Waals surface area contributed by atoms with Gasteiger partial charge in [-0.05, 0) is 178 Å². The minimum absolute atomic E-state index is 0.0337. The fraction of sp³-hybridized carbons (Fsp3) is 0.176. The summed E-state index contributed by atoms with van der Waals surface area (Å²) in [6.45, 7) is 9.50. The Morgan fingerprint density at radius 3 is 1.34 bits per heavy atom. The van der Waals surface area contributed by atoms with Crippen molar-refractivity contribution < 1.29 is 0 Å². The molecule has 0 heteroatoms. The summed E-state index contributed by atoms with van der Waals surface area (Å²) in [5, 5.41) is 0. The van der Waals surface area contributed by atoms with E-state index in [1.165, 1.54) is 128 Å². The fourth-order valence-electron chi connectivity index (χ4n) is 13.5. The Balaban J connectivity index is 0.749. The van der Waals surface area contributed by atoms with E-state index in [0.29, 0.717) is 5.92 Å². The zero-order valence-electron chi connectivity index (χ0n) is 39.7. The molecule has 0 heterocycles. The molecule has 0 radical (unpaired) electrons. The molecule has 0 fully saturated rings. The number of hydrogen-bond acceptors (Lipinski definition) is 0. The van der Waals surface area contributed by atoms with Gasteiger partial charge in [0.25, 0.3) is 0 Å². The molecule has 0 aromatic heterocycles. The lowest BCUT2D eigenvalue weighted by Gasteiger charge is -2.34. The van der Waals surface area contributed by atoms with E-state index in [1.54, 1.807) is 0 Å². The van der Waals surface area contributed by atoms with Crippen LogP contribution in [0.4, 0.5) is 0 Å². The average Bonchev–Trinajstić information content (AvgIpc) is 3.86. The lowest BCUT2D eigenvalue weighted by Crippen LogP contribution is -2.23. The highest BCUT2D eigenvalue weighted by Gasteiger charge is 2.42. The SMILES string of the molecule is CCC1(CC)c2ccccc2-c2ccc(-c3ccc4c(c3)C(CC)(CC)c3cc(-c5ccc(-c6ccc(-c7ccc(-c8ccc9c%10c8CC=C8C=CC=C(C=C9)C8%10)cc7)cc6)cc5)ccc3-4)cc21. The second-order valence-electron chi connectivity index (χ2n) is 19.9. The summed E-state index contributed by atoms with van der Waals surface area (Å²) >= 11 is 0. The quantitative estimate of drug-likeness (QED) is 0.136. The summed E-state index contributed by atoms with van der Waals surface area (Å²) in [6.07, 6.45) is 19.1. The maximum Gasteiger partial charge on any atom is 0.0345 e. The normalized spacial score (nSPS) is 16.9. The monoisotopic (exact) mass is 872 g/mol. The molecule has 0 amide bonds. The van der Waals surface area contributed by atoms with E-state index in [2.05, 4.69) is 228 Å². The minimum atomic E-state index is -0.0337. The first-order chi connectivity index (χ1) is 33.4. The summed E-state index contributed by atoms with van der Waals surface area (Å²) in [5.41, 5.74) is 31.5. The third-order valence-corrected chi connectivity index (χ3v) is 17.3. The maximum atomic E-state index is 2.54. The van der Waals surface area contributed by atoms with Crippen LogP contribution >= 0.6 is 0 Å². The molecular formula is C68H56. The smallest absolute Gasteiger partial charge is 0.0345 e. The summed E-state index contributed by atoms with van der Waals surface area (Å²) in [4.78, 5) is 0. The van der Waals surface area contributed by atoms with Crippen molar-refractivity contribution in [3.05, 3.63) is 244 Å². The van der Waals surface area contributed by atoms with E-state index >= 15 is 0 Å². The topological polar surface area (TPSA) is 0 Å². The van der Waals surface area contributed by atoms with E-state index < -0.39 is 0 Å². The molecule has 0 nitrogen and oxygen atoms in total. The van der Waals surface area contributed by atoms with Gasteiger partial charge >= 0.3 is 0 Å². The predicted octanol–water partition coefficient (Wildman–Crippen LogP) is 18.3. The largest absolute Gasteiger partial charge is 0.0759 e. The van der Waals surface area contributed by atoms with Gasteiger partial charge in [0.2, 0.25) is 0 Å². The van der Waals surface area contributed by atoms with Gasteiger partial charge in [0.1, 0.15) is 0 Å². The zero-order chi connectivity index (χ0) is 45.7. The molecule has 13 rings (SSSR count). The van der Waals surface area contributed by atoms with Crippen molar-refractivity contribution in [1.29, 1.82) is 0 Å². The van der Waals surface area contributed by atoms with Crippen molar-refractivity contribution >= 4 is 6.08 Å². The number of hydrogen-bond donors (Lipinski definition) is 0. The molecule has 0 aliphatic heterocycles. The van der Waals surface area contributed by atoms with Crippen molar-refractivity contribution in [1.82, 2.24) is 0 Å². The number of rotatable bonds is 9. The van der Waals surface area contributed by atoms with Crippen LogP contribution in [0.1, 0.15) is 98.2 Å². The highest BCUT2D eigenvalue weighted by molar-refractivity contribution is 5.89. The molecule has 5 aliphatic rings. The van der Waals surface area contributed by atoms with Crippen molar-refractivity contribution in [3.8, 4) is 77.9 Å². The molecule has 5 aliphatic carbocycles. The summed E-state index contributed by atoms with van der Waals surface area (Å²) in [5.74, 6) is 0.372. The van der Waals surface area contributed by atoms with E-state index in [9.17, 15) is 0 Å². The van der Waals surface area contributed by atoms with Gasteiger partial charge in [0, 0.05) is 16.7 Å². The molecule has 0 spiro atoms. The molecule has 0 saturated heterocycles. The third-order valence-electron chi connectivity index (χ3n) is 17.3. The van der Waals surface area contributed by atoms with Crippen LogP contribution in [0, 0.1) is 0 Å². The minimum Gasteiger partial charge on any atom is -0.0759 e. The van der Waals surface area contributed by atoms with Gasteiger partial charge in [-0.15, -0.1) is 0 Å². The van der Waals surface area contributed by atoms with E-state index in [4.69, 9.17) is 0 Å². The summed E-state index contributed by atoms with van der Waals surface area (Å²) < 4.78 is 0. The lowest BCUT2D eigenvalue weighted by molar-refractivity contribution is 0.490. The van der Waals surface area contributed by atoms with Gasteiger partial charge < -0.3 is 0 Å². The molecule has 0 N–H and O–H groups in total. The molecule has 0 bridgehead atoms. The van der Waals surface area contributed by atoms with Gasteiger partial charge in [0.15, 0.2) is 0 Å². The molecule has 68 heavy (non-hydrogen) atoms. The Kier molecular flexibility index (Phi) is 9.42. The molecular weight excluding hydrogens is 817 g/mol. The highest BCUT2D eigenvalue weighted by Crippen LogP contribution is 2.56. The van der Waals surface area contributed by atoms with Crippen LogP contribution < -0.4 is 0 Å². The van der Waals surface area contributed by atoms with Crippen LogP contribution in [-0.2, 0) is 17.3 Å². The Hall–Kier alpha value is -7.28. The Labute approximate surface area is 402 Å². The molecule has 8 aromatic carbocycles. The van der Waals surface area contributed by atoms with Crippen LogP contribution in [0.2, 0.25) is 0 Å². The first-order valence-corrected chi connectivity index (χ1v) is 25.2. The molecule has 328 valence electrons. The highest BCUT2D eigenvalue weighted by atomic mass is 14.5. The van der Waals surface area contributed by atoms with Crippen LogP contribution in [0.25, 0.3) is 84.0 Å². The zero-order valence-corrected chi connectivity index (χ0v) is 39.7. The Morgan fingerprint density at radius 2 is 0.809 bits per heavy atom. The fourth-order valence-corrected chi connectivity index (χ4v) is 13.5. The van der Waals surface area contributed by atoms with Crippen molar-refractivity contribution in [2.45, 2.75) is 76.5 Å². The molecule has 1 unspecified atom stereocenters. The number of benzene rings is 8. The third kappa shape index (κ3) is 5.92. The van der Waals surface area contributed by atoms with E-state index in [-0.39, 0.29) is 10.8 Å². The van der Waals surface area contributed by atoms with Crippen molar-refractivity contribution in [3.63, 3.8) is 0 Å². The molecule has 1 atom stereocenters.